The smallest absolute Gasteiger partial charge is 0.189 e. The molecule has 1 aromatic heterocycles. The summed E-state index contributed by atoms with van der Waals surface area (Å²) < 4.78 is 13.3. The molecule has 0 spiro atoms. The Morgan fingerprint density at radius 3 is 2.57 bits per heavy atom. The van der Waals surface area contributed by atoms with E-state index in [0.29, 0.717) is 16.7 Å². The van der Waals surface area contributed by atoms with Gasteiger partial charge in [0.05, 0.1) is 11.1 Å². The number of ketones is 1. The molecule has 7 nitrogen and oxygen atoms in total. The number of benzene rings is 2. The number of Topliss-reactive ketones (excluding diaryl/α,β-unsaturated/α-hetero) is 1. The molecule has 8 heteroatoms. The van der Waals surface area contributed by atoms with Crippen LogP contribution >= 0.6 is 0 Å². The predicted molar refractivity (Wildman–Crippen MR) is 136 cm³/mol. The van der Waals surface area contributed by atoms with Crippen LogP contribution in [0.3, 0.4) is 0 Å². The van der Waals surface area contributed by atoms with Gasteiger partial charge >= 0.3 is 0 Å². The van der Waals surface area contributed by atoms with Gasteiger partial charge in [-0.25, -0.2) is 9.37 Å². The third-order valence-electron chi connectivity index (χ3n) is 5.29. The maximum atomic E-state index is 13.3. The topological polar surface area (TPSA) is 142 Å². The number of nitrogens with one attached hydrogen (secondary N) is 1. The Morgan fingerprint density at radius 1 is 1.26 bits per heavy atom. The minimum Gasteiger partial charge on any atom is -0.384 e. The molecule has 0 amide bonds. The molecular weight excluding hydrogens is 443 g/mol. The molecule has 174 valence electrons. The third kappa shape index (κ3) is 5.92. The van der Waals surface area contributed by atoms with Crippen molar-refractivity contribution in [3.8, 4) is 17.2 Å². The molecule has 5 N–H and O–H groups in total. The van der Waals surface area contributed by atoms with Gasteiger partial charge in [-0.3, -0.25) is 15.2 Å². The first kappa shape index (κ1) is 24.7. The number of hydrogen-bond acceptors (Lipinski definition) is 6. The van der Waals surface area contributed by atoms with E-state index in [0.717, 1.165) is 22.3 Å². The second-order valence-corrected chi connectivity index (χ2v) is 7.78. The zero-order valence-corrected chi connectivity index (χ0v) is 19.0. The van der Waals surface area contributed by atoms with E-state index in [1.807, 2.05) is 31.2 Å². The highest BCUT2D eigenvalue weighted by Crippen LogP contribution is 2.27. The molecule has 0 fully saturated rings. The zero-order chi connectivity index (χ0) is 25.5. The normalized spacial score (nSPS) is 11.6. The average Bonchev–Trinajstić information content (AvgIpc) is 2.83. The Morgan fingerprint density at radius 2 is 1.97 bits per heavy atom. The summed E-state index contributed by atoms with van der Waals surface area (Å²) in [5.74, 6) is -0.766. The van der Waals surface area contributed by atoms with Crippen molar-refractivity contribution < 1.29 is 9.18 Å². The quantitative estimate of drug-likeness (QED) is 0.112. The lowest BCUT2D eigenvalue weighted by molar-refractivity contribution is 0.103. The van der Waals surface area contributed by atoms with E-state index in [2.05, 4.69) is 16.7 Å². The number of pyridine rings is 1. The highest BCUT2D eigenvalue weighted by Gasteiger charge is 2.16. The number of aromatic nitrogens is 1. The van der Waals surface area contributed by atoms with Crippen molar-refractivity contribution in [3.05, 3.63) is 106 Å². The molecule has 3 aromatic rings. The second kappa shape index (κ2) is 10.8. The first-order valence-electron chi connectivity index (χ1n) is 10.5. The number of amidine groups is 1. The summed E-state index contributed by atoms with van der Waals surface area (Å²) in [4.78, 5) is 21.0. The monoisotopic (exact) mass is 466 g/mol. The standard InChI is InChI=1S/C27H23FN6O/c1-16-9-17(3-8-23(16)21-12-24(26(30)31)27(32)34-15-21)10-20(11-18(13-29)14-33-2)25(35)19-4-6-22(28)7-5-19/h3-9,11-12,14-15H,2,10H2,1H3,(H3,30,31)(H2,32,34)/b18-14+,20-11+. The van der Waals surface area contributed by atoms with Gasteiger partial charge in [0, 0.05) is 35.5 Å². The number of carbonyl (C=O) groups excluding carboxylic acids is 1. The molecule has 35 heavy (non-hydrogen) atoms. The number of aliphatic imine (C=N–C) groups is 1. The number of nitrogens with two attached hydrogens (primary N) is 2. The van der Waals surface area contributed by atoms with Crippen LogP contribution in [0.5, 0.6) is 0 Å². The first-order valence-corrected chi connectivity index (χ1v) is 10.5. The number of rotatable bonds is 8. The fraction of sp³-hybridized carbons (Fsp3) is 0.0741. The molecule has 0 aliphatic rings. The zero-order valence-electron chi connectivity index (χ0n) is 19.0. The van der Waals surface area contributed by atoms with E-state index in [1.165, 1.54) is 36.5 Å². The lowest BCUT2D eigenvalue weighted by atomic mass is 9.92. The van der Waals surface area contributed by atoms with Crippen molar-refractivity contribution in [1.82, 2.24) is 4.98 Å². The molecule has 0 unspecified atom stereocenters. The Bertz CT molecular complexity index is 1410. The first-order chi connectivity index (χ1) is 16.7. The van der Waals surface area contributed by atoms with Gasteiger partial charge in [0.15, 0.2) is 5.78 Å². The van der Waals surface area contributed by atoms with E-state index in [1.54, 1.807) is 12.3 Å². The Hall–Kier alpha value is -4.90. The Labute approximate surface area is 202 Å². The number of halogens is 1. The molecule has 0 aliphatic heterocycles. The van der Waals surface area contributed by atoms with Crippen LogP contribution in [0.25, 0.3) is 11.1 Å². The lowest BCUT2D eigenvalue weighted by Crippen LogP contribution is -2.14. The molecule has 1 heterocycles. The molecule has 0 atom stereocenters. The van der Waals surface area contributed by atoms with E-state index in [-0.39, 0.29) is 29.4 Å². The highest BCUT2D eigenvalue weighted by atomic mass is 19.1. The van der Waals surface area contributed by atoms with Gasteiger partial charge in [-0.2, -0.15) is 5.26 Å². The summed E-state index contributed by atoms with van der Waals surface area (Å²) in [6.45, 7) is 5.27. The van der Waals surface area contributed by atoms with Crippen molar-refractivity contribution in [2.75, 3.05) is 5.73 Å². The lowest BCUT2D eigenvalue weighted by Gasteiger charge is -2.12. The number of allylic oxidation sites excluding steroid dienone is 3. The minimum absolute atomic E-state index is 0.170. The molecule has 0 radical (unpaired) electrons. The van der Waals surface area contributed by atoms with Crippen LogP contribution < -0.4 is 11.5 Å². The number of anilines is 1. The van der Waals surface area contributed by atoms with Crippen molar-refractivity contribution >= 4 is 24.2 Å². The van der Waals surface area contributed by atoms with Crippen molar-refractivity contribution in [3.63, 3.8) is 0 Å². The fourth-order valence-electron chi connectivity index (χ4n) is 3.59. The Kier molecular flexibility index (Phi) is 7.64. The number of nitriles is 1. The number of aryl methyl sites for hydroxylation is 1. The van der Waals surface area contributed by atoms with Crippen LogP contribution in [0, 0.1) is 29.5 Å². The molecule has 0 saturated heterocycles. The van der Waals surface area contributed by atoms with E-state index >= 15 is 0 Å². The van der Waals surface area contributed by atoms with Crippen LogP contribution in [0.15, 0.2) is 83.1 Å². The number of hydrogen-bond donors (Lipinski definition) is 3. The van der Waals surface area contributed by atoms with Gasteiger partial charge in [0.1, 0.15) is 23.5 Å². The van der Waals surface area contributed by atoms with Crippen LogP contribution in [-0.2, 0) is 6.42 Å². The summed E-state index contributed by atoms with van der Waals surface area (Å²) in [6, 6.07) is 14.6. The summed E-state index contributed by atoms with van der Waals surface area (Å²) in [7, 11) is 0. The van der Waals surface area contributed by atoms with E-state index in [9.17, 15) is 14.4 Å². The van der Waals surface area contributed by atoms with Gasteiger partial charge < -0.3 is 11.5 Å². The number of carbonyl (C=O) groups is 1. The van der Waals surface area contributed by atoms with Gasteiger partial charge in [-0.15, -0.1) is 0 Å². The largest absolute Gasteiger partial charge is 0.384 e. The fourth-order valence-corrected chi connectivity index (χ4v) is 3.59. The molecule has 3 rings (SSSR count). The summed E-state index contributed by atoms with van der Waals surface area (Å²) in [6.07, 6.45) is 4.57. The maximum absolute atomic E-state index is 13.3. The van der Waals surface area contributed by atoms with Gasteiger partial charge in [0.2, 0.25) is 0 Å². The van der Waals surface area contributed by atoms with Gasteiger partial charge in [-0.05, 0) is 66.7 Å². The van der Waals surface area contributed by atoms with E-state index in [4.69, 9.17) is 16.9 Å². The summed E-state index contributed by atoms with van der Waals surface area (Å²) in [5.41, 5.74) is 15.9. The Balaban J connectivity index is 2.00. The average molecular weight is 467 g/mol. The van der Waals surface area contributed by atoms with Gasteiger partial charge in [0.25, 0.3) is 0 Å². The van der Waals surface area contributed by atoms with Crippen LogP contribution in [0.1, 0.15) is 27.0 Å². The number of nitrogens with zero attached hydrogens (tertiary/aromatic N) is 3. The van der Waals surface area contributed by atoms with Crippen molar-refractivity contribution in [2.45, 2.75) is 13.3 Å². The predicted octanol–water partition coefficient (Wildman–Crippen LogP) is 4.52. The third-order valence-corrected chi connectivity index (χ3v) is 5.29. The molecule has 0 saturated carbocycles. The van der Waals surface area contributed by atoms with Crippen LogP contribution in [-0.4, -0.2) is 23.3 Å². The molecule has 0 aliphatic carbocycles. The van der Waals surface area contributed by atoms with E-state index < -0.39 is 5.82 Å². The van der Waals surface area contributed by atoms with Crippen LogP contribution in [0.2, 0.25) is 0 Å². The SMILES string of the molecule is C=N/C=C(C#N)\C=C(/Cc1ccc(-c2cnc(N)c(C(=N)N)c2)c(C)c1)C(=O)c1ccc(F)cc1. The molecule has 2 aromatic carbocycles. The summed E-state index contributed by atoms with van der Waals surface area (Å²) in [5, 5.41) is 17.1. The summed E-state index contributed by atoms with van der Waals surface area (Å²) >= 11 is 0. The maximum Gasteiger partial charge on any atom is 0.189 e. The minimum atomic E-state index is -0.447. The van der Waals surface area contributed by atoms with Gasteiger partial charge in [-0.1, -0.05) is 18.2 Å². The molecule has 0 bridgehead atoms. The van der Waals surface area contributed by atoms with Crippen molar-refractivity contribution in [2.24, 2.45) is 10.7 Å². The van der Waals surface area contributed by atoms with Crippen LogP contribution in [0.4, 0.5) is 10.2 Å². The number of nitrogen functional groups attached to an aromatic ring is 2. The molecular formula is C27H23FN6O. The highest BCUT2D eigenvalue weighted by molar-refractivity contribution is 6.09. The van der Waals surface area contributed by atoms with Crippen molar-refractivity contribution in [1.29, 1.82) is 10.7 Å². The second-order valence-electron chi connectivity index (χ2n) is 7.78.